The van der Waals surface area contributed by atoms with Crippen molar-refractivity contribution >= 4 is 23.0 Å². The van der Waals surface area contributed by atoms with Crippen LogP contribution in [-0.4, -0.2) is 22.2 Å². The van der Waals surface area contributed by atoms with E-state index >= 15 is 0 Å². The van der Waals surface area contributed by atoms with Gasteiger partial charge in [0.2, 0.25) is 0 Å². The summed E-state index contributed by atoms with van der Waals surface area (Å²) in [5, 5.41) is 15.2. The van der Waals surface area contributed by atoms with Gasteiger partial charge < -0.3 is 5.32 Å². The molecule has 22 heavy (non-hydrogen) atoms. The Morgan fingerprint density at radius 2 is 2.18 bits per heavy atom. The number of thiophene rings is 1. The van der Waals surface area contributed by atoms with E-state index in [1.807, 2.05) is 11.4 Å². The number of pyridine rings is 1. The Balaban J connectivity index is 2.12. The minimum Gasteiger partial charge on any atom is -0.333 e. The van der Waals surface area contributed by atoms with Gasteiger partial charge in [-0.1, -0.05) is 0 Å². The SMILES string of the molecule is CC(C)(C#N)NC(=O)c1cc(CC(=O)c2ccsc2)ccn1. The summed E-state index contributed by atoms with van der Waals surface area (Å²) in [5.74, 6) is -0.437. The zero-order valence-electron chi connectivity index (χ0n) is 12.3. The van der Waals surface area contributed by atoms with Crippen LogP contribution in [0.1, 0.15) is 40.3 Å². The zero-order chi connectivity index (χ0) is 16.2. The lowest BCUT2D eigenvalue weighted by molar-refractivity contribution is 0.0922. The lowest BCUT2D eigenvalue weighted by atomic mass is 10.0. The van der Waals surface area contributed by atoms with E-state index in [9.17, 15) is 9.59 Å². The van der Waals surface area contributed by atoms with Gasteiger partial charge in [0.05, 0.1) is 6.07 Å². The molecule has 1 amide bonds. The molecule has 0 atom stereocenters. The van der Waals surface area contributed by atoms with Crippen LogP contribution in [0.5, 0.6) is 0 Å². The highest BCUT2D eigenvalue weighted by Crippen LogP contribution is 2.12. The topological polar surface area (TPSA) is 82.9 Å². The summed E-state index contributed by atoms with van der Waals surface area (Å²) in [7, 11) is 0. The first-order chi connectivity index (χ1) is 10.4. The van der Waals surface area contributed by atoms with E-state index in [1.165, 1.54) is 17.5 Å². The van der Waals surface area contributed by atoms with Crippen LogP contribution < -0.4 is 5.32 Å². The van der Waals surface area contributed by atoms with Crippen molar-refractivity contribution in [2.75, 3.05) is 0 Å². The Morgan fingerprint density at radius 1 is 1.41 bits per heavy atom. The summed E-state index contributed by atoms with van der Waals surface area (Å²) in [4.78, 5) is 28.1. The molecule has 2 rings (SSSR count). The molecule has 2 aromatic rings. The van der Waals surface area contributed by atoms with E-state index in [2.05, 4.69) is 10.3 Å². The number of hydrogen-bond acceptors (Lipinski definition) is 5. The molecule has 0 saturated carbocycles. The molecule has 1 N–H and O–H groups in total. The van der Waals surface area contributed by atoms with Crippen LogP contribution in [0.25, 0.3) is 0 Å². The van der Waals surface area contributed by atoms with Crippen LogP contribution in [0.3, 0.4) is 0 Å². The summed E-state index contributed by atoms with van der Waals surface area (Å²) >= 11 is 1.47. The minimum absolute atomic E-state index is 0.00355. The second kappa shape index (κ2) is 6.50. The Labute approximate surface area is 132 Å². The lowest BCUT2D eigenvalue weighted by Crippen LogP contribution is -2.42. The molecule has 0 aliphatic carbocycles. The van der Waals surface area contributed by atoms with Crippen molar-refractivity contribution in [3.05, 3.63) is 52.0 Å². The van der Waals surface area contributed by atoms with Gasteiger partial charge >= 0.3 is 0 Å². The van der Waals surface area contributed by atoms with Crippen molar-refractivity contribution < 1.29 is 9.59 Å². The largest absolute Gasteiger partial charge is 0.333 e. The first kappa shape index (κ1) is 15.9. The maximum Gasteiger partial charge on any atom is 0.271 e. The Bertz CT molecular complexity index is 730. The molecule has 0 aliphatic heterocycles. The van der Waals surface area contributed by atoms with E-state index in [4.69, 9.17) is 5.26 Å². The number of hydrogen-bond donors (Lipinski definition) is 1. The molecule has 0 bridgehead atoms. The van der Waals surface area contributed by atoms with Crippen LogP contribution in [0, 0.1) is 11.3 Å². The van der Waals surface area contributed by atoms with E-state index in [0.717, 1.165) is 0 Å². The number of rotatable bonds is 5. The quantitative estimate of drug-likeness (QED) is 0.860. The Kier molecular flexibility index (Phi) is 4.68. The monoisotopic (exact) mass is 313 g/mol. The van der Waals surface area contributed by atoms with E-state index < -0.39 is 11.4 Å². The normalized spacial score (nSPS) is 10.8. The van der Waals surface area contributed by atoms with Crippen molar-refractivity contribution in [2.45, 2.75) is 25.8 Å². The second-order valence-electron chi connectivity index (χ2n) is 5.35. The molecular weight excluding hydrogens is 298 g/mol. The maximum absolute atomic E-state index is 12.1. The molecule has 0 spiro atoms. The average Bonchev–Trinajstić information content (AvgIpc) is 3.01. The van der Waals surface area contributed by atoms with E-state index in [1.54, 1.807) is 37.4 Å². The highest BCUT2D eigenvalue weighted by atomic mass is 32.1. The molecule has 6 heteroatoms. The van der Waals surface area contributed by atoms with Crippen molar-refractivity contribution in [1.29, 1.82) is 5.26 Å². The fourth-order valence-electron chi connectivity index (χ4n) is 1.79. The summed E-state index contributed by atoms with van der Waals surface area (Å²) < 4.78 is 0. The third-order valence-electron chi connectivity index (χ3n) is 2.97. The fraction of sp³-hybridized carbons (Fsp3) is 0.250. The Hall–Kier alpha value is -2.52. The summed E-state index contributed by atoms with van der Waals surface area (Å²) in [6.45, 7) is 3.21. The van der Waals surface area contributed by atoms with E-state index in [-0.39, 0.29) is 17.9 Å². The standard InChI is InChI=1S/C16H15N3O2S/c1-16(2,10-17)19-15(21)13-7-11(3-5-18-13)8-14(20)12-4-6-22-9-12/h3-7,9H,8H2,1-2H3,(H,19,21). The predicted octanol–water partition coefficient (Wildman–Crippen LogP) is 2.60. The minimum atomic E-state index is -0.971. The average molecular weight is 313 g/mol. The van der Waals surface area contributed by atoms with Crippen molar-refractivity contribution in [2.24, 2.45) is 0 Å². The second-order valence-corrected chi connectivity index (χ2v) is 6.13. The highest BCUT2D eigenvalue weighted by Gasteiger charge is 2.21. The molecule has 2 aromatic heterocycles. The summed E-state index contributed by atoms with van der Waals surface area (Å²) in [5.41, 5.74) is 0.602. The summed E-state index contributed by atoms with van der Waals surface area (Å²) in [6, 6.07) is 7.05. The van der Waals surface area contributed by atoms with Crippen LogP contribution in [0.15, 0.2) is 35.2 Å². The summed E-state index contributed by atoms with van der Waals surface area (Å²) in [6.07, 6.45) is 1.70. The van der Waals surface area contributed by atoms with Crippen molar-refractivity contribution in [3.8, 4) is 6.07 Å². The highest BCUT2D eigenvalue weighted by molar-refractivity contribution is 7.08. The Morgan fingerprint density at radius 3 is 2.82 bits per heavy atom. The number of nitrogens with one attached hydrogen (secondary N) is 1. The number of nitrogens with zero attached hydrogens (tertiary/aromatic N) is 2. The van der Waals surface area contributed by atoms with Crippen LogP contribution in [0.4, 0.5) is 0 Å². The molecule has 112 valence electrons. The lowest BCUT2D eigenvalue weighted by Gasteiger charge is -2.17. The predicted molar refractivity (Wildman–Crippen MR) is 83.7 cm³/mol. The van der Waals surface area contributed by atoms with Gasteiger partial charge in [-0.25, -0.2) is 0 Å². The van der Waals surface area contributed by atoms with Gasteiger partial charge in [-0.15, -0.1) is 0 Å². The first-order valence-corrected chi connectivity index (χ1v) is 7.60. The third kappa shape index (κ3) is 3.99. The first-order valence-electron chi connectivity index (χ1n) is 6.65. The zero-order valence-corrected chi connectivity index (χ0v) is 13.1. The number of Topliss-reactive ketones (excluding diaryl/α,β-unsaturated/α-hetero) is 1. The number of carbonyl (C=O) groups is 2. The molecular formula is C16H15N3O2S. The molecule has 2 heterocycles. The van der Waals surface area contributed by atoms with Gasteiger partial charge in [-0.05, 0) is 43.0 Å². The number of aromatic nitrogens is 1. The molecule has 0 aliphatic rings. The molecule has 0 saturated heterocycles. The van der Waals surface area contributed by atoms with Gasteiger partial charge in [-0.2, -0.15) is 16.6 Å². The van der Waals surface area contributed by atoms with Gasteiger partial charge in [0.25, 0.3) is 5.91 Å². The fourth-order valence-corrected chi connectivity index (χ4v) is 2.46. The molecule has 0 unspecified atom stereocenters. The van der Waals surface area contributed by atoms with Crippen molar-refractivity contribution in [3.63, 3.8) is 0 Å². The van der Waals surface area contributed by atoms with Gasteiger partial charge in [0.1, 0.15) is 11.2 Å². The van der Waals surface area contributed by atoms with E-state index in [0.29, 0.717) is 11.1 Å². The van der Waals surface area contributed by atoms with Crippen LogP contribution >= 0.6 is 11.3 Å². The molecule has 0 radical (unpaired) electrons. The van der Waals surface area contributed by atoms with Gasteiger partial charge in [0, 0.05) is 23.6 Å². The molecule has 0 aromatic carbocycles. The number of carbonyl (C=O) groups excluding carboxylic acids is 2. The van der Waals surface area contributed by atoms with Crippen molar-refractivity contribution in [1.82, 2.24) is 10.3 Å². The van der Waals surface area contributed by atoms with Gasteiger partial charge in [-0.3, -0.25) is 14.6 Å². The third-order valence-corrected chi connectivity index (χ3v) is 3.65. The van der Waals surface area contributed by atoms with Crippen LogP contribution in [0.2, 0.25) is 0 Å². The van der Waals surface area contributed by atoms with Gasteiger partial charge in [0.15, 0.2) is 5.78 Å². The number of nitriles is 1. The number of amides is 1. The molecule has 0 fully saturated rings. The smallest absolute Gasteiger partial charge is 0.271 e. The maximum atomic E-state index is 12.1. The molecule has 5 nitrogen and oxygen atoms in total. The van der Waals surface area contributed by atoms with Crippen LogP contribution in [-0.2, 0) is 6.42 Å². The number of ketones is 1.